The van der Waals surface area contributed by atoms with Gasteiger partial charge in [0.2, 0.25) is 0 Å². The monoisotopic (exact) mass is 1480 g/mol. The van der Waals surface area contributed by atoms with Crippen LogP contribution in [-0.4, -0.2) is 18.3 Å². The molecule has 18 aromatic carbocycles. The molecular weight excluding hydrogens is 1420 g/mol. The Bertz CT molecular complexity index is 7970. The van der Waals surface area contributed by atoms with Crippen LogP contribution in [0.15, 0.2) is 413 Å². The fourth-order valence-electron chi connectivity index (χ4n) is 18.1. The van der Waals surface area contributed by atoms with Gasteiger partial charge in [0.1, 0.15) is 0 Å². The Kier molecular flexibility index (Phi) is 15.3. The Balaban J connectivity index is 0.000000135. The van der Waals surface area contributed by atoms with Crippen LogP contribution in [-0.2, 0) is 0 Å². The molecule has 0 fully saturated rings. The van der Waals surface area contributed by atoms with E-state index in [4.69, 9.17) is 0 Å². The molecule has 0 aliphatic rings. The molecule has 6 heterocycles. The zero-order valence-corrected chi connectivity index (χ0v) is 63.5. The zero-order valence-electron chi connectivity index (χ0n) is 61.9. The molecule has 0 spiro atoms. The average molecular weight is 1490 g/mol. The Hall–Kier alpha value is -14.4. The first-order valence-corrected chi connectivity index (χ1v) is 40.6. The Morgan fingerprint density at radius 3 is 0.877 bits per heavy atom. The van der Waals surface area contributed by atoms with Gasteiger partial charge in [-0.05, 0) is 218 Å². The van der Waals surface area contributed by atoms with Crippen molar-refractivity contribution in [2.45, 2.75) is 0 Å². The fourth-order valence-corrected chi connectivity index (χ4v) is 20.5. The summed E-state index contributed by atoms with van der Waals surface area (Å²) in [6, 6.07) is 151. The van der Waals surface area contributed by atoms with Crippen molar-refractivity contribution in [3.8, 4) is 89.5 Å². The standard InChI is InChI=1S/2C54H34N2S/c1-3-13-35(14-4-1)36-15-11-18-41(31-36)56-49-23-9-7-19-43(49)46-32-37(25-28-50(46)56)38-26-29-51-47(33-38)48-34-39(27-30-52(48)55(51)40-16-5-2-6-17-40)42-21-12-22-45-44-20-8-10-24-53(44)57-54(42)45;1-3-12-35(13-4-1)36-14-11-17-42(30-36)56-49-20-9-7-18-43(49)46-31-37(23-27-50(46)56)38-24-28-51-47(32-38)48-33-39(25-29-52(48)55(51)41-15-5-2-6-16-41)40-22-26-45-44-19-8-10-21-53(44)57-54(45)34-40/h2*1-34H. The summed E-state index contributed by atoms with van der Waals surface area (Å²) in [7, 11) is 0. The number of fused-ring (bicyclic) bond motifs is 18. The highest BCUT2D eigenvalue weighted by Gasteiger charge is 2.22. The largest absolute Gasteiger partial charge is 0.309 e. The van der Waals surface area contributed by atoms with Crippen LogP contribution in [0.25, 0.3) is 217 Å². The van der Waals surface area contributed by atoms with Crippen LogP contribution in [0, 0.1) is 0 Å². The molecule has 0 bridgehead atoms. The van der Waals surface area contributed by atoms with Crippen molar-refractivity contribution in [2.24, 2.45) is 0 Å². The maximum atomic E-state index is 2.42. The minimum Gasteiger partial charge on any atom is -0.309 e. The molecule has 532 valence electrons. The van der Waals surface area contributed by atoms with Gasteiger partial charge in [0, 0.05) is 106 Å². The normalized spacial score (nSPS) is 11.9. The third-order valence-electron chi connectivity index (χ3n) is 23.4. The third-order valence-corrected chi connectivity index (χ3v) is 25.8. The molecule has 0 radical (unpaired) electrons. The summed E-state index contributed by atoms with van der Waals surface area (Å²) < 4.78 is 15.0. The maximum Gasteiger partial charge on any atom is 0.0541 e. The molecule has 0 N–H and O–H groups in total. The van der Waals surface area contributed by atoms with Crippen molar-refractivity contribution >= 4 is 150 Å². The number of nitrogens with zero attached hydrogens (tertiary/aromatic N) is 4. The summed E-state index contributed by atoms with van der Waals surface area (Å²) in [6.07, 6.45) is 0. The molecule has 6 aromatic heterocycles. The molecule has 0 saturated carbocycles. The van der Waals surface area contributed by atoms with Gasteiger partial charge in [-0.15, -0.1) is 22.7 Å². The van der Waals surface area contributed by atoms with Gasteiger partial charge in [-0.25, -0.2) is 0 Å². The van der Waals surface area contributed by atoms with E-state index in [-0.39, 0.29) is 0 Å². The second kappa shape index (κ2) is 26.7. The first-order valence-electron chi connectivity index (χ1n) is 39.0. The summed E-state index contributed by atoms with van der Waals surface area (Å²) in [6.45, 7) is 0. The SMILES string of the molecule is c1ccc(-c2cccc(-n3c4ccccc4c4cc(-c5ccc6c(c5)c5cc(-c7ccc8c(c7)sc7ccccc78)ccc5n6-c5ccccc5)ccc43)c2)cc1.c1ccc(-c2cccc(-n3c4ccccc4c4cc(-c5ccc6c(c5)c5cc(-c7cccc8c7sc7ccccc78)ccc5n6-c5ccccc5)ccc43)c2)cc1. The van der Waals surface area contributed by atoms with Crippen molar-refractivity contribution in [2.75, 3.05) is 0 Å². The van der Waals surface area contributed by atoms with Crippen LogP contribution in [0.3, 0.4) is 0 Å². The van der Waals surface area contributed by atoms with E-state index >= 15 is 0 Å². The van der Waals surface area contributed by atoms with Crippen molar-refractivity contribution in [3.05, 3.63) is 413 Å². The highest BCUT2D eigenvalue weighted by atomic mass is 32.1. The van der Waals surface area contributed by atoms with E-state index in [0.717, 1.165) is 22.7 Å². The van der Waals surface area contributed by atoms with Crippen LogP contribution in [0.4, 0.5) is 0 Å². The summed E-state index contributed by atoms with van der Waals surface area (Å²) in [5.41, 5.74) is 28.9. The molecule has 6 heteroatoms. The number of hydrogen-bond donors (Lipinski definition) is 0. The van der Waals surface area contributed by atoms with Crippen molar-refractivity contribution < 1.29 is 0 Å². The van der Waals surface area contributed by atoms with Gasteiger partial charge >= 0.3 is 0 Å². The van der Waals surface area contributed by atoms with Crippen LogP contribution >= 0.6 is 22.7 Å². The second-order valence-electron chi connectivity index (χ2n) is 29.9. The molecule has 0 saturated heterocycles. The molecule has 0 aliphatic heterocycles. The fraction of sp³-hybridized carbons (Fsp3) is 0. The lowest BCUT2D eigenvalue weighted by atomic mass is 9.98. The van der Waals surface area contributed by atoms with E-state index in [1.807, 2.05) is 22.7 Å². The van der Waals surface area contributed by atoms with Gasteiger partial charge in [-0.1, -0.05) is 261 Å². The highest BCUT2D eigenvalue weighted by Crippen LogP contribution is 2.47. The summed E-state index contributed by atoms with van der Waals surface area (Å²) in [4.78, 5) is 0. The van der Waals surface area contributed by atoms with E-state index < -0.39 is 0 Å². The lowest BCUT2D eigenvalue weighted by Gasteiger charge is -2.11. The van der Waals surface area contributed by atoms with Gasteiger partial charge < -0.3 is 18.3 Å². The van der Waals surface area contributed by atoms with Gasteiger partial charge in [-0.3, -0.25) is 0 Å². The number of hydrogen-bond acceptors (Lipinski definition) is 2. The minimum atomic E-state index is 1.16. The van der Waals surface area contributed by atoms with E-state index in [1.54, 1.807) is 0 Å². The highest BCUT2D eigenvalue weighted by molar-refractivity contribution is 7.26. The lowest BCUT2D eigenvalue weighted by molar-refractivity contribution is 1.18. The van der Waals surface area contributed by atoms with E-state index in [9.17, 15) is 0 Å². The van der Waals surface area contributed by atoms with E-state index in [2.05, 4.69) is 431 Å². The number of para-hydroxylation sites is 4. The number of rotatable bonds is 10. The quantitative estimate of drug-likeness (QED) is 0.130. The first-order chi connectivity index (χ1) is 56.5. The van der Waals surface area contributed by atoms with Crippen LogP contribution in [0.1, 0.15) is 0 Å². The van der Waals surface area contributed by atoms with Gasteiger partial charge in [0.25, 0.3) is 0 Å². The molecule has 24 rings (SSSR count). The molecule has 0 aliphatic carbocycles. The van der Waals surface area contributed by atoms with Crippen LogP contribution in [0.5, 0.6) is 0 Å². The van der Waals surface area contributed by atoms with Gasteiger partial charge in [0.05, 0.1) is 44.1 Å². The van der Waals surface area contributed by atoms with Gasteiger partial charge in [0.15, 0.2) is 0 Å². The summed E-state index contributed by atoms with van der Waals surface area (Å²) >= 11 is 3.76. The number of benzene rings is 18. The number of thiophene rings is 2. The van der Waals surface area contributed by atoms with E-state index in [0.29, 0.717) is 0 Å². The van der Waals surface area contributed by atoms with E-state index in [1.165, 1.54) is 194 Å². The molecule has 0 unspecified atom stereocenters. The average Bonchev–Trinajstić information content (AvgIpc) is 1.59. The molecule has 4 nitrogen and oxygen atoms in total. The molecular formula is C108H68N4S2. The summed E-state index contributed by atoms with van der Waals surface area (Å²) in [5, 5.41) is 15.3. The predicted octanol–water partition coefficient (Wildman–Crippen LogP) is 30.5. The molecule has 24 aromatic rings. The Morgan fingerprint density at radius 1 is 0.140 bits per heavy atom. The first kappa shape index (κ1) is 65.5. The summed E-state index contributed by atoms with van der Waals surface area (Å²) in [5.74, 6) is 0. The molecule has 0 atom stereocenters. The topological polar surface area (TPSA) is 19.7 Å². The minimum absolute atomic E-state index is 1.16. The second-order valence-corrected chi connectivity index (χ2v) is 32.0. The number of aromatic nitrogens is 4. The van der Waals surface area contributed by atoms with Crippen LogP contribution in [0.2, 0.25) is 0 Å². The van der Waals surface area contributed by atoms with Crippen LogP contribution < -0.4 is 0 Å². The van der Waals surface area contributed by atoms with Gasteiger partial charge in [-0.2, -0.15) is 0 Å². The maximum absolute atomic E-state index is 2.42. The van der Waals surface area contributed by atoms with Crippen molar-refractivity contribution in [1.82, 2.24) is 18.3 Å². The Labute approximate surface area is 665 Å². The molecule has 114 heavy (non-hydrogen) atoms. The molecule has 0 amide bonds. The third kappa shape index (κ3) is 10.8. The Morgan fingerprint density at radius 2 is 0.421 bits per heavy atom. The predicted molar refractivity (Wildman–Crippen MR) is 489 cm³/mol. The lowest BCUT2D eigenvalue weighted by Crippen LogP contribution is -1.94. The zero-order chi connectivity index (χ0) is 74.9. The smallest absolute Gasteiger partial charge is 0.0541 e. The van der Waals surface area contributed by atoms with Crippen molar-refractivity contribution in [3.63, 3.8) is 0 Å². The van der Waals surface area contributed by atoms with Crippen molar-refractivity contribution in [1.29, 1.82) is 0 Å².